The Kier molecular flexibility index (Phi) is 8.13. The molecule has 2 aromatic heterocycles. The van der Waals surface area contributed by atoms with Gasteiger partial charge in [0.25, 0.3) is 0 Å². The zero-order chi connectivity index (χ0) is 38.7. The molecule has 57 heavy (non-hydrogen) atoms. The van der Waals surface area contributed by atoms with Gasteiger partial charge in [-0.2, -0.15) is 0 Å². The van der Waals surface area contributed by atoms with E-state index in [9.17, 15) is 8.42 Å². The Labute approximate surface area is 331 Å². The quantitative estimate of drug-likeness (QED) is 0.155. The second kappa shape index (κ2) is 13.5. The van der Waals surface area contributed by atoms with Gasteiger partial charge >= 0.3 is 0 Å². The fourth-order valence-corrected chi connectivity index (χ4v) is 9.43. The zero-order valence-corrected chi connectivity index (χ0v) is 31.8. The highest BCUT2D eigenvalue weighted by atomic mass is 32.2. The molecule has 0 amide bonds. The number of nitrogens with zero attached hydrogens (tertiary/aromatic N) is 2. The summed E-state index contributed by atoms with van der Waals surface area (Å²) in [6, 6.07) is 61.0. The Morgan fingerprint density at radius 3 is 1.11 bits per heavy atom. The monoisotopic (exact) mass is 752 g/mol. The van der Waals surface area contributed by atoms with Crippen LogP contribution >= 0.6 is 0 Å². The van der Waals surface area contributed by atoms with Crippen molar-refractivity contribution in [1.29, 1.82) is 0 Å². The van der Waals surface area contributed by atoms with Crippen LogP contribution in [-0.4, -0.2) is 17.6 Å². The van der Waals surface area contributed by atoms with Gasteiger partial charge in [0.2, 0.25) is 9.84 Å². The molecule has 2 heterocycles. The predicted molar refractivity (Wildman–Crippen MR) is 238 cm³/mol. The van der Waals surface area contributed by atoms with Gasteiger partial charge in [0.1, 0.15) is 0 Å². The summed E-state index contributed by atoms with van der Waals surface area (Å²) in [7, 11) is -3.75. The van der Waals surface area contributed by atoms with E-state index in [1.54, 1.807) is 24.3 Å². The average Bonchev–Trinajstić information content (AvgIpc) is 3.79. The molecule has 0 radical (unpaired) electrons. The van der Waals surface area contributed by atoms with Crippen molar-refractivity contribution in [1.82, 2.24) is 9.13 Å². The summed E-state index contributed by atoms with van der Waals surface area (Å²) in [5.74, 6) is 0. The van der Waals surface area contributed by atoms with E-state index in [0.717, 1.165) is 88.4 Å². The van der Waals surface area contributed by atoms with Gasteiger partial charge < -0.3 is 9.13 Å². The largest absolute Gasteiger partial charge is 0.309 e. The standard InChI is InChI=1S/C52H36N2O2S/c1-3-35-13-23-41(24-14-35)53-49-11-7-5-9-45(49)47-33-39(21-31-51(47)53)37-17-27-43(28-18-37)57(55,56)44-29-19-38(20-30-44)40-22-32-52-48(34-40)46-10-6-8-12-50(46)54(52)42-25-15-36(4-2)16-26-42/h3-34H,1-2H2. The summed E-state index contributed by atoms with van der Waals surface area (Å²) in [4.78, 5) is 0.519. The van der Waals surface area contributed by atoms with E-state index in [-0.39, 0.29) is 9.79 Å². The molecule has 4 nitrogen and oxygen atoms in total. The van der Waals surface area contributed by atoms with Crippen LogP contribution in [0.2, 0.25) is 0 Å². The van der Waals surface area contributed by atoms with Gasteiger partial charge in [0.05, 0.1) is 31.9 Å². The van der Waals surface area contributed by atoms with Crippen molar-refractivity contribution >= 4 is 65.6 Å². The summed E-state index contributed by atoms with van der Waals surface area (Å²) in [5, 5.41) is 4.59. The Morgan fingerprint density at radius 1 is 0.368 bits per heavy atom. The molecule has 0 atom stereocenters. The van der Waals surface area contributed by atoms with Crippen molar-refractivity contribution in [3.8, 4) is 33.6 Å². The molecule has 0 aliphatic carbocycles. The third-order valence-electron chi connectivity index (χ3n) is 11.1. The van der Waals surface area contributed by atoms with Crippen LogP contribution in [0.5, 0.6) is 0 Å². The van der Waals surface area contributed by atoms with Gasteiger partial charge in [0.15, 0.2) is 0 Å². The van der Waals surface area contributed by atoms with Crippen LogP contribution in [0.15, 0.2) is 205 Å². The topological polar surface area (TPSA) is 44.0 Å². The minimum Gasteiger partial charge on any atom is -0.309 e. The maximum Gasteiger partial charge on any atom is 0.206 e. The summed E-state index contributed by atoms with van der Waals surface area (Å²) < 4.78 is 32.4. The summed E-state index contributed by atoms with van der Waals surface area (Å²) in [6.45, 7) is 7.78. The number of rotatable bonds is 8. The second-order valence-electron chi connectivity index (χ2n) is 14.3. The molecule has 0 N–H and O–H groups in total. The molecule has 5 heteroatoms. The van der Waals surface area contributed by atoms with E-state index in [2.05, 4.69) is 156 Å². The smallest absolute Gasteiger partial charge is 0.206 e. The van der Waals surface area contributed by atoms with E-state index < -0.39 is 9.84 Å². The Bertz CT molecular complexity index is 3080. The summed E-state index contributed by atoms with van der Waals surface area (Å²) in [5.41, 5.74) is 12.7. The number of sulfone groups is 1. The molecule has 10 aromatic rings. The van der Waals surface area contributed by atoms with Crippen molar-refractivity contribution in [2.24, 2.45) is 0 Å². The van der Waals surface area contributed by atoms with Crippen LogP contribution in [0.4, 0.5) is 0 Å². The molecule has 0 aliphatic rings. The Balaban J connectivity index is 0.946. The van der Waals surface area contributed by atoms with Crippen LogP contribution in [0.1, 0.15) is 11.1 Å². The predicted octanol–water partition coefficient (Wildman–Crippen LogP) is 13.3. The first-order valence-corrected chi connectivity index (χ1v) is 20.4. The zero-order valence-electron chi connectivity index (χ0n) is 31.0. The van der Waals surface area contributed by atoms with E-state index in [1.807, 2.05) is 36.4 Å². The number of fused-ring (bicyclic) bond motifs is 6. The van der Waals surface area contributed by atoms with Crippen LogP contribution in [0, 0.1) is 0 Å². The number of hydrogen-bond donors (Lipinski definition) is 0. The highest BCUT2D eigenvalue weighted by Gasteiger charge is 2.19. The second-order valence-corrected chi connectivity index (χ2v) is 16.3. The van der Waals surface area contributed by atoms with Crippen LogP contribution < -0.4 is 0 Å². The maximum absolute atomic E-state index is 13.9. The normalized spacial score (nSPS) is 11.8. The third-order valence-corrected chi connectivity index (χ3v) is 12.9. The first-order valence-electron chi connectivity index (χ1n) is 18.9. The fraction of sp³-hybridized carbons (Fsp3) is 0. The average molecular weight is 753 g/mol. The lowest BCUT2D eigenvalue weighted by Crippen LogP contribution is -2.01. The van der Waals surface area contributed by atoms with Crippen molar-refractivity contribution in [3.05, 3.63) is 206 Å². The van der Waals surface area contributed by atoms with Gasteiger partial charge in [-0.3, -0.25) is 0 Å². The molecule has 0 bridgehead atoms. The van der Waals surface area contributed by atoms with Gasteiger partial charge in [-0.15, -0.1) is 0 Å². The van der Waals surface area contributed by atoms with Crippen molar-refractivity contribution in [3.63, 3.8) is 0 Å². The molecular formula is C52H36N2O2S. The number of aromatic nitrogens is 2. The molecule has 10 rings (SSSR count). The first-order chi connectivity index (χ1) is 27.9. The minimum atomic E-state index is -3.75. The van der Waals surface area contributed by atoms with Gasteiger partial charge in [-0.1, -0.05) is 122 Å². The number of para-hydroxylation sites is 2. The molecule has 0 aliphatic heterocycles. The highest BCUT2D eigenvalue weighted by molar-refractivity contribution is 7.91. The van der Waals surface area contributed by atoms with Crippen LogP contribution in [0.25, 0.3) is 89.4 Å². The lowest BCUT2D eigenvalue weighted by atomic mass is 10.0. The molecular weight excluding hydrogens is 717 g/mol. The maximum atomic E-state index is 13.9. The van der Waals surface area contributed by atoms with Gasteiger partial charge in [0, 0.05) is 32.9 Å². The number of hydrogen-bond acceptors (Lipinski definition) is 2. The first kappa shape index (κ1) is 34.3. The molecule has 0 unspecified atom stereocenters. The molecule has 0 saturated heterocycles. The summed E-state index contributed by atoms with van der Waals surface area (Å²) >= 11 is 0. The SMILES string of the molecule is C=Cc1ccc(-n2c3ccccc3c3cc(-c4ccc(S(=O)(=O)c5ccc(-c6ccc7c(c6)c6ccccc6n7-c6ccc(C=C)cc6)cc5)cc4)ccc32)cc1. The van der Waals surface area contributed by atoms with E-state index in [4.69, 9.17) is 0 Å². The van der Waals surface area contributed by atoms with Gasteiger partial charge in [-0.05, 0) is 118 Å². The number of benzene rings is 8. The minimum absolute atomic E-state index is 0.259. The van der Waals surface area contributed by atoms with E-state index in [1.165, 1.54) is 0 Å². The molecule has 0 spiro atoms. The van der Waals surface area contributed by atoms with Gasteiger partial charge in [-0.25, -0.2) is 8.42 Å². The molecule has 8 aromatic carbocycles. The lowest BCUT2D eigenvalue weighted by Gasteiger charge is -2.10. The van der Waals surface area contributed by atoms with E-state index in [0.29, 0.717) is 0 Å². The fourth-order valence-electron chi connectivity index (χ4n) is 8.17. The van der Waals surface area contributed by atoms with Crippen LogP contribution in [0.3, 0.4) is 0 Å². The molecule has 0 fully saturated rings. The highest BCUT2D eigenvalue weighted by Crippen LogP contribution is 2.37. The van der Waals surface area contributed by atoms with E-state index >= 15 is 0 Å². The van der Waals surface area contributed by atoms with Crippen molar-refractivity contribution in [2.45, 2.75) is 9.79 Å². The summed E-state index contributed by atoms with van der Waals surface area (Å²) in [6.07, 6.45) is 3.70. The Morgan fingerprint density at radius 2 is 0.719 bits per heavy atom. The van der Waals surface area contributed by atoms with Crippen molar-refractivity contribution in [2.75, 3.05) is 0 Å². The van der Waals surface area contributed by atoms with Crippen molar-refractivity contribution < 1.29 is 8.42 Å². The molecule has 272 valence electrons. The molecule has 0 saturated carbocycles. The Hall–Kier alpha value is -7.21. The third kappa shape index (κ3) is 5.71. The lowest BCUT2D eigenvalue weighted by molar-refractivity contribution is 0.596. The van der Waals surface area contributed by atoms with Crippen LogP contribution in [-0.2, 0) is 9.84 Å².